The van der Waals surface area contributed by atoms with E-state index >= 15 is 0 Å². The molecular weight excluding hydrogens is 380 g/mol. The Balaban J connectivity index is 1.56. The summed E-state index contributed by atoms with van der Waals surface area (Å²) in [7, 11) is -2.37. The van der Waals surface area contributed by atoms with Crippen LogP contribution in [0.1, 0.15) is 42.0 Å². The van der Waals surface area contributed by atoms with E-state index in [9.17, 15) is 0 Å². The zero-order valence-electron chi connectivity index (χ0n) is 17.3. The predicted octanol–water partition coefficient (Wildman–Crippen LogP) is 4.01. The summed E-state index contributed by atoms with van der Waals surface area (Å²) in [6.45, 7) is 11.7. The number of nitrogens with one attached hydrogen (secondary N) is 4. The molecule has 1 fully saturated rings. The number of allylic oxidation sites excluding steroid dienone is 1. The van der Waals surface area contributed by atoms with Crippen LogP contribution >= 0.6 is 0 Å². The zero-order chi connectivity index (χ0) is 20.6. The van der Waals surface area contributed by atoms with Gasteiger partial charge in [0.2, 0.25) is 5.88 Å². The Morgan fingerprint density at radius 3 is 2.45 bits per heavy atom. The maximum atomic E-state index is 8.88. The first kappa shape index (κ1) is 20.0. The summed E-state index contributed by atoms with van der Waals surface area (Å²) in [5.74, 6) is 5.82. The van der Waals surface area contributed by atoms with Crippen LogP contribution < -0.4 is 15.4 Å². The van der Waals surface area contributed by atoms with E-state index in [2.05, 4.69) is 47.4 Å². The summed E-state index contributed by atoms with van der Waals surface area (Å²) < 4.78 is 17.9. The van der Waals surface area contributed by atoms with Crippen molar-refractivity contribution in [1.29, 1.82) is 4.78 Å². The van der Waals surface area contributed by atoms with Gasteiger partial charge in [-0.05, 0) is 82.3 Å². The third kappa shape index (κ3) is 3.90. The van der Waals surface area contributed by atoms with Crippen LogP contribution in [-0.2, 0) is 40.0 Å². The van der Waals surface area contributed by atoms with Crippen molar-refractivity contribution in [1.82, 2.24) is 10.0 Å². The highest BCUT2D eigenvalue weighted by Crippen LogP contribution is 2.39. The fourth-order valence-corrected chi connectivity index (χ4v) is 5.88. The second kappa shape index (κ2) is 7.82. The minimum absolute atomic E-state index is 0.441. The van der Waals surface area contributed by atoms with Crippen molar-refractivity contribution in [3.8, 4) is 0 Å². The van der Waals surface area contributed by atoms with Crippen molar-refractivity contribution in [2.24, 2.45) is 5.92 Å². The van der Waals surface area contributed by atoms with Gasteiger partial charge < -0.3 is 20.1 Å². The molecule has 1 aromatic carbocycles. The van der Waals surface area contributed by atoms with Crippen molar-refractivity contribution in [3.05, 3.63) is 64.2 Å². The first-order valence-corrected chi connectivity index (χ1v) is 12.2. The number of fused-ring (bicyclic) bond motifs is 2. The quantitative estimate of drug-likeness (QED) is 0.533. The molecule has 1 heterocycles. The number of benzene rings is 1. The van der Waals surface area contributed by atoms with Crippen molar-refractivity contribution in [2.75, 3.05) is 18.5 Å². The normalized spacial score (nSPS) is 23.7. The SMILES string of the molecule is C=C/C(=C1\NC[C@H](C)CO1)S(=C)(=N)NC(=C)Nc1c2c(cc3c1CCC3)CCC2. The van der Waals surface area contributed by atoms with Crippen LogP contribution in [0, 0.1) is 10.7 Å². The van der Waals surface area contributed by atoms with E-state index in [4.69, 9.17) is 9.52 Å². The Bertz CT molecular complexity index is 948. The van der Waals surface area contributed by atoms with Gasteiger partial charge in [0, 0.05) is 18.2 Å². The van der Waals surface area contributed by atoms with Crippen molar-refractivity contribution in [3.63, 3.8) is 0 Å². The highest BCUT2D eigenvalue weighted by molar-refractivity contribution is 8.03. The van der Waals surface area contributed by atoms with Gasteiger partial charge in [-0.2, -0.15) is 0 Å². The smallest absolute Gasteiger partial charge is 0.202 e. The summed E-state index contributed by atoms with van der Waals surface area (Å²) in [6.07, 6.45) is 8.64. The van der Waals surface area contributed by atoms with Crippen LogP contribution in [0.2, 0.25) is 0 Å². The molecule has 0 bridgehead atoms. The number of ether oxygens (including phenoxy) is 1. The topological polar surface area (TPSA) is 69.2 Å². The van der Waals surface area contributed by atoms with E-state index in [1.54, 1.807) is 6.08 Å². The zero-order valence-corrected chi connectivity index (χ0v) is 18.1. The molecule has 156 valence electrons. The van der Waals surface area contributed by atoms with Crippen molar-refractivity contribution < 1.29 is 4.74 Å². The van der Waals surface area contributed by atoms with Gasteiger partial charge in [-0.3, -0.25) is 4.78 Å². The Labute approximate surface area is 174 Å². The Hall–Kier alpha value is -2.34. The standard InChI is InChI=1S/C23H32N4OS/c1-5-21(23-25-13-15(2)14-28-23)29(4,24)27-16(3)26-22-19-10-6-8-17(19)12-18-9-7-11-20(18)22/h5,12,15,25-26H,1,3-4,6-11,13-14H2,2H3,(H2,24,27)/b23-21-/t15-,29?/m0/s1. The molecule has 4 rings (SSSR count). The monoisotopic (exact) mass is 412 g/mol. The third-order valence-electron chi connectivity index (χ3n) is 5.95. The molecule has 1 unspecified atom stereocenters. The minimum atomic E-state index is -2.37. The fraction of sp³-hybridized carbons (Fsp3) is 0.435. The molecule has 5 nitrogen and oxygen atoms in total. The Morgan fingerprint density at radius 2 is 1.90 bits per heavy atom. The molecule has 6 heteroatoms. The van der Waals surface area contributed by atoms with Crippen LogP contribution in [0.4, 0.5) is 5.69 Å². The van der Waals surface area contributed by atoms with E-state index in [1.807, 2.05) is 0 Å². The highest BCUT2D eigenvalue weighted by atomic mass is 32.2. The van der Waals surface area contributed by atoms with E-state index in [0.717, 1.165) is 32.2 Å². The van der Waals surface area contributed by atoms with Crippen molar-refractivity contribution in [2.45, 2.75) is 45.4 Å². The number of rotatable bonds is 6. The average molecular weight is 413 g/mol. The van der Waals surface area contributed by atoms with E-state index in [0.29, 0.717) is 29.1 Å². The molecular formula is C23H32N4OS. The van der Waals surface area contributed by atoms with Gasteiger partial charge in [0.05, 0.1) is 11.5 Å². The number of hydrogen-bond donors (Lipinski definition) is 4. The van der Waals surface area contributed by atoms with E-state index in [1.165, 1.54) is 40.8 Å². The van der Waals surface area contributed by atoms with Crippen LogP contribution in [-0.4, -0.2) is 19.0 Å². The number of hydrogen-bond acceptors (Lipinski definition) is 4. The summed E-state index contributed by atoms with van der Waals surface area (Å²) in [5.41, 5.74) is 7.02. The van der Waals surface area contributed by atoms with Gasteiger partial charge in [0.25, 0.3) is 0 Å². The maximum absolute atomic E-state index is 8.88. The van der Waals surface area contributed by atoms with E-state index in [-0.39, 0.29) is 0 Å². The first-order valence-electron chi connectivity index (χ1n) is 10.4. The lowest BCUT2D eigenvalue weighted by atomic mass is 9.99. The molecule has 2 atom stereocenters. The van der Waals surface area contributed by atoms with Crippen LogP contribution in [0.3, 0.4) is 0 Å². The fourth-order valence-electron chi connectivity index (χ4n) is 4.56. The molecule has 0 radical (unpaired) electrons. The highest BCUT2D eigenvalue weighted by Gasteiger charge is 2.25. The van der Waals surface area contributed by atoms with Gasteiger partial charge in [-0.1, -0.05) is 26.1 Å². The van der Waals surface area contributed by atoms with Gasteiger partial charge in [-0.25, -0.2) is 0 Å². The molecule has 0 aromatic heterocycles. The first-order chi connectivity index (χ1) is 13.9. The molecule has 1 aromatic rings. The van der Waals surface area contributed by atoms with Crippen LogP contribution in [0.5, 0.6) is 0 Å². The number of aryl methyl sites for hydroxylation is 2. The molecule has 1 aliphatic heterocycles. The van der Waals surface area contributed by atoms with Gasteiger partial charge in [0.1, 0.15) is 5.82 Å². The lowest BCUT2D eigenvalue weighted by Crippen LogP contribution is -2.35. The summed E-state index contributed by atoms with van der Waals surface area (Å²) >= 11 is 0. The molecule has 29 heavy (non-hydrogen) atoms. The predicted molar refractivity (Wildman–Crippen MR) is 124 cm³/mol. The molecule has 0 spiro atoms. The van der Waals surface area contributed by atoms with E-state index < -0.39 is 9.60 Å². The molecule has 3 aliphatic rings. The molecule has 2 aliphatic carbocycles. The molecule has 0 amide bonds. The lowest BCUT2D eigenvalue weighted by Gasteiger charge is -2.28. The van der Waals surface area contributed by atoms with Gasteiger partial charge >= 0.3 is 0 Å². The second-order valence-corrected chi connectivity index (χ2v) is 10.5. The van der Waals surface area contributed by atoms with Crippen molar-refractivity contribution >= 4 is 21.2 Å². The van der Waals surface area contributed by atoms with Crippen LogP contribution in [0.25, 0.3) is 0 Å². The van der Waals surface area contributed by atoms with Gasteiger partial charge in [-0.15, -0.1) is 0 Å². The Kier molecular flexibility index (Phi) is 5.38. The molecule has 0 saturated carbocycles. The molecule has 4 N–H and O–H groups in total. The summed E-state index contributed by atoms with van der Waals surface area (Å²) in [6, 6.07) is 2.42. The summed E-state index contributed by atoms with van der Waals surface area (Å²) in [5, 5.41) is 6.80. The minimum Gasteiger partial charge on any atom is -0.478 e. The second-order valence-electron chi connectivity index (χ2n) is 8.37. The molecule has 1 saturated heterocycles. The largest absolute Gasteiger partial charge is 0.478 e. The third-order valence-corrected chi connectivity index (χ3v) is 7.65. The lowest BCUT2D eigenvalue weighted by molar-refractivity contribution is 0.117. The Morgan fingerprint density at radius 1 is 1.24 bits per heavy atom. The maximum Gasteiger partial charge on any atom is 0.202 e. The van der Waals surface area contributed by atoms with Crippen LogP contribution in [0.15, 0.2) is 41.9 Å². The summed E-state index contributed by atoms with van der Waals surface area (Å²) in [4.78, 5) is 0.663. The van der Waals surface area contributed by atoms with Gasteiger partial charge in [0.15, 0.2) is 0 Å². The average Bonchev–Trinajstić information content (AvgIpc) is 3.32. The number of anilines is 1.